The lowest BCUT2D eigenvalue weighted by Gasteiger charge is -2.15. The van der Waals surface area contributed by atoms with Crippen LogP contribution in [0.1, 0.15) is 33.1 Å². The molecule has 0 aromatic rings. The van der Waals surface area contributed by atoms with Gasteiger partial charge < -0.3 is 10.4 Å². The number of amides is 1. The molecule has 4 nitrogen and oxygen atoms in total. The average molecular weight is 247 g/mol. The molecule has 0 heterocycles. The van der Waals surface area contributed by atoms with Gasteiger partial charge in [-0.25, -0.2) is 4.79 Å². The number of hydrogen-bond acceptors (Lipinski definition) is 3. The van der Waals surface area contributed by atoms with E-state index in [-0.39, 0.29) is 5.91 Å². The third-order valence-corrected chi connectivity index (χ3v) is 3.12. The summed E-state index contributed by atoms with van der Waals surface area (Å²) in [5, 5.41) is 11.5. The Morgan fingerprint density at radius 1 is 1.44 bits per heavy atom. The lowest BCUT2D eigenvalue weighted by atomic mass is 10.0. The van der Waals surface area contributed by atoms with Gasteiger partial charge in [-0.1, -0.05) is 20.3 Å². The number of carboxylic acids is 1. The van der Waals surface area contributed by atoms with Crippen LogP contribution in [-0.2, 0) is 9.59 Å². The monoisotopic (exact) mass is 247 g/mol. The molecule has 16 heavy (non-hydrogen) atoms. The van der Waals surface area contributed by atoms with Crippen molar-refractivity contribution in [2.45, 2.75) is 39.2 Å². The Morgan fingerprint density at radius 3 is 2.50 bits per heavy atom. The molecule has 0 saturated heterocycles. The Bertz CT molecular complexity index is 233. The van der Waals surface area contributed by atoms with E-state index in [0.717, 1.165) is 12.2 Å². The molecule has 0 saturated carbocycles. The molecule has 0 aliphatic rings. The van der Waals surface area contributed by atoms with Crippen LogP contribution in [0, 0.1) is 5.92 Å². The van der Waals surface area contributed by atoms with Gasteiger partial charge in [0.05, 0.1) is 0 Å². The largest absolute Gasteiger partial charge is 0.480 e. The normalized spacial score (nSPS) is 14.2. The quantitative estimate of drug-likeness (QED) is 0.685. The molecule has 0 aromatic carbocycles. The third kappa shape index (κ3) is 6.71. The van der Waals surface area contributed by atoms with E-state index in [0.29, 0.717) is 18.8 Å². The molecule has 0 fully saturated rings. The highest BCUT2D eigenvalue weighted by molar-refractivity contribution is 7.98. The molecular formula is C11H21NO3S. The Hall–Kier alpha value is -0.710. The predicted octanol–water partition coefficient (Wildman–Crippen LogP) is 1.75. The van der Waals surface area contributed by atoms with Gasteiger partial charge in [-0.2, -0.15) is 11.8 Å². The molecule has 0 aromatic heterocycles. The molecule has 0 spiro atoms. The maximum Gasteiger partial charge on any atom is 0.326 e. The minimum atomic E-state index is -0.952. The van der Waals surface area contributed by atoms with Gasteiger partial charge in [0.1, 0.15) is 6.04 Å². The topological polar surface area (TPSA) is 66.4 Å². The first-order chi connectivity index (χ1) is 7.51. The Balaban J connectivity index is 4.07. The smallest absolute Gasteiger partial charge is 0.326 e. The molecule has 1 amide bonds. The highest BCUT2D eigenvalue weighted by Gasteiger charge is 2.19. The van der Waals surface area contributed by atoms with E-state index in [1.165, 1.54) is 0 Å². The van der Waals surface area contributed by atoms with Gasteiger partial charge in [0.25, 0.3) is 0 Å². The summed E-state index contributed by atoms with van der Waals surface area (Å²) >= 11 is 1.58. The van der Waals surface area contributed by atoms with Gasteiger partial charge in [0.15, 0.2) is 0 Å². The van der Waals surface area contributed by atoms with Crippen LogP contribution < -0.4 is 5.32 Å². The minimum absolute atomic E-state index is 0.164. The molecule has 2 atom stereocenters. The Morgan fingerprint density at radius 2 is 2.06 bits per heavy atom. The highest BCUT2D eigenvalue weighted by atomic mass is 32.2. The van der Waals surface area contributed by atoms with E-state index in [1.807, 2.05) is 20.1 Å². The van der Waals surface area contributed by atoms with Crippen molar-refractivity contribution in [3.63, 3.8) is 0 Å². The maximum atomic E-state index is 11.5. The molecule has 0 aliphatic carbocycles. The lowest BCUT2D eigenvalue weighted by Crippen LogP contribution is -2.41. The Kier molecular flexibility index (Phi) is 8.07. The number of carbonyl (C=O) groups excluding carboxylic acids is 1. The summed E-state index contributed by atoms with van der Waals surface area (Å²) in [5.41, 5.74) is 0. The van der Waals surface area contributed by atoms with Gasteiger partial charge in [-0.05, 0) is 24.3 Å². The van der Waals surface area contributed by atoms with Gasteiger partial charge >= 0.3 is 5.97 Å². The number of carboxylic acid groups (broad SMARTS) is 1. The molecule has 0 aliphatic heterocycles. The van der Waals surface area contributed by atoms with Crippen molar-refractivity contribution < 1.29 is 14.7 Å². The van der Waals surface area contributed by atoms with Crippen LogP contribution in [0.25, 0.3) is 0 Å². The second kappa shape index (κ2) is 8.44. The summed E-state index contributed by atoms with van der Waals surface area (Å²) in [4.78, 5) is 22.4. The van der Waals surface area contributed by atoms with Gasteiger partial charge in [0.2, 0.25) is 5.91 Å². The standard InChI is InChI=1S/C11H21NO3S/c1-4-8(2)7-10(13)12-9(11(14)15)5-6-16-3/h8-9H,4-7H2,1-3H3,(H,12,13)(H,14,15)/t8?,9-/m1/s1. The number of nitrogens with one attached hydrogen (secondary N) is 1. The van der Waals surface area contributed by atoms with E-state index in [9.17, 15) is 9.59 Å². The number of thioether (sulfide) groups is 1. The summed E-state index contributed by atoms with van der Waals surface area (Å²) in [6, 6.07) is -0.746. The fourth-order valence-electron chi connectivity index (χ4n) is 1.21. The summed E-state index contributed by atoms with van der Waals surface area (Å²) < 4.78 is 0. The van der Waals surface area contributed by atoms with Crippen LogP contribution in [-0.4, -0.2) is 35.0 Å². The van der Waals surface area contributed by atoms with Crippen LogP contribution in [0.3, 0.4) is 0 Å². The first kappa shape index (κ1) is 15.3. The average Bonchev–Trinajstić information content (AvgIpc) is 2.23. The van der Waals surface area contributed by atoms with Crippen molar-refractivity contribution in [3.05, 3.63) is 0 Å². The van der Waals surface area contributed by atoms with Crippen molar-refractivity contribution in [2.75, 3.05) is 12.0 Å². The van der Waals surface area contributed by atoms with E-state index >= 15 is 0 Å². The zero-order valence-corrected chi connectivity index (χ0v) is 11.0. The summed E-state index contributed by atoms with van der Waals surface area (Å²) in [7, 11) is 0. The fourth-order valence-corrected chi connectivity index (χ4v) is 1.68. The van der Waals surface area contributed by atoms with E-state index in [1.54, 1.807) is 11.8 Å². The molecule has 0 bridgehead atoms. The molecule has 5 heteroatoms. The SMILES string of the molecule is CCC(C)CC(=O)N[C@H](CCSC)C(=O)O. The fraction of sp³-hybridized carbons (Fsp3) is 0.818. The van der Waals surface area contributed by atoms with Crippen molar-refractivity contribution in [1.29, 1.82) is 0 Å². The van der Waals surface area contributed by atoms with Gasteiger partial charge in [0, 0.05) is 6.42 Å². The van der Waals surface area contributed by atoms with Crippen molar-refractivity contribution >= 4 is 23.6 Å². The Labute approximate surface area is 101 Å². The molecular weight excluding hydrogens is 226 g/mol. The highest BCUT2D eigenvalue weighted by Crippen LogP contribution is 2.07. The van der Waals surface area contributed by atoms with Crippen LogP contribution in [0.4, 0.5) is 0 Å². The van der Waals surface area contributed by atoms with Gasteiger partial charge in [-0.3, -0.25) is 4.79 Å². The van der Waals surface area contributed by atoms with Crippen LogP contribution >= 0.6 is 11.8 Å². The maximum absolute atomic E-state index is 11.5. The third-order valence-electron chi connectivity index (χ3n) is 2.47. The van der Waals surface area contributed by atoms with Gasteiger partial charge in [-0.15, -0.1) is 0 Å². The van der Waals surface area contributed by atoms with Crippen molar-refractivity contribution in [3.8, 4) is 0 Å². The van der Waals surface area contributed by atoms with Crippen molar-refractivity contribution in [2.24, 2.45) is 5.92 Å². The lowest BCUT2D eigenvalue weighted by molar-refractivity contribution is -0.142. The van der Waals surface area contributed by atoms with Crippen LogP contribution in [0.15, 0.2) is 0 Å². The molecule has 1 unspecified atom stereocenters. The minimum Gasteiger partial charge on any atom is -0.480 e. The number of rotatable bonds is 8. The second-order valence-corrected chi connectivity index (χ2v) is 4.94. The van der Waals surface area contributed by atoms with E-state index < -0.39 is 12.0 Å². The number of hydrogen-bond donors (Lipinski definition) is 2. The zero-order chi connectivity index (χ0) is 12.6. The number of aliphatic carboxylic acids is 1. The molecule has 0 rings (SSSR count). The first-order valence-electron chi connectivity index (χ1n) is 5.52. The second-order valence-electron chi connectivity index (χ2n) is 3.96. The summed E-state index contributed by atoms with van der Waals surface area (Å²) in [6.45, 7) is 4.00. The van der Waals surface area contributed by atoms with E-state index in [4.69, 9.17) is 5.11 Å². The summed E-state index contributed by atoms with van der Waals surface area (Å²) in [5.74, 6) is -0.0787. The number of carbonyl (C=O) groups is 2. The van der Waals surface area contributed by atoms with E-state index in [2.05, 4.69) is 5.32 Å². The molecule has 94 valence electrons. The summed E-state index contributed by atoms with van der Waals surface area (Å²) in [6.07, 6.45) is 3.72. The van der Waals surface area contributed by atoms with Crippen LogP contribution in [0.5, 0.6) is 0 Å². The zero-order valence-electron chi connectivity index (χ0n) is 10.2. The molecule has 0 radical (unpaired) electrons. The predicted molar refractivity (Wildman–Crippen MR) is 66.6 cm³/mol. The molecule has 2 N–H and O–H groups in total. The first-order valence-corrected chi connectivity index (χ1v) is 6.91. The van der Waals surface area contributed by atoms with Crippen LogP contribution in [0.2, 0.25) is 0 Å². The van der Waals surface area contributed by atoms with Crippen molar-refractivity contribution in [1.82, 2.24) is 5.32 Å².